The summed E-state index contributed by atoms with van der Waals surface area (Å²) in [4.78, 5) is 4.47. The molecule has 5 nitrogen and oxygen atoms in total. The Morgan fingerprint density at radius 3 is 2.76 bits per heavy atom. The Morgan fingerprint density at radius 2 is 2.00 bits per heavy atom. The van der Waals surface area contributed by atoms with Gasteiger partial charge in [0.15, 0.2) is 0 Å². The highest BCUT2D eigenvalue weighted by Crippen LogP contribution is 2.21. The van der Waals surface area contributed by atoms with Crippen molar-refractivity contribution in [2.75, 3.05) is 6.61 Å². The molecular weight excluding hydrogens is 291 g/mol. The number of aromatic nitrogens is 4. The van der Waals surface area contributed by atoms with E-state index in [9.17, 15) is 4.39 Å². The van der Waals surface area contributed by atoms with E-state index in [1.54, 1.807) is 34.3 Å². The summed E-state index contributed by atoms with van der Waals surface area (Å²) in [6, 6.07) is 6.04. The standard InChI is InChI=1S/C14H13FN4OS/c15-10-3-5-11(6-4-10)19-8-12(17-18-19)13-9-21-14(16-13)2-1-7-20/h3-6,8-9,20H,1-2,7H2. The summed E-state index contributed by atoms with van der Waals surface area (Å²) < 4.78 is 14.5. The van der Waals surface area contributed by atoms with Gasteiger partial charge in [-0.25, -0.2) is 14.1 Å². The molecule has 0 radical (unpaired) electrons. The van der Waals surface area contributed by atoms with Crippen molar-refractivity contribution in [1.82, 2.24) is 20.0 Å². The van der Waals surface area contributed by atoms with Crippen LogP contribution in [-0.4, -0.2) is 31.7 Å². The second kappa shape index (κ2) is 6.11. The minimum Gasteiger partial charge on any atom is -0.396 e. The zero-order valence-corrected chi connectivity index (χ0v) is 11.9. The molecule has 1 aromatic carbocycles. The maximum atomic E-state index is 12.9. The highest BCUT2D eigenvalue weighted by Gasteiger charge is 2.09. The highest BCUT2D eigenvalue weighted by molar-refractivity contribution is 7.09. The summed E-state index contributed by atoms with van der Waals surface area (Å²) in [7, 11) is 0. The van der Waals surface area contributed by atoms with Crippen molar-refractivity contribution in [3.63, 3.8) is 0 Å². The lowest BCUT2D eigenvalue weighted by atomic mass is 10.3. The number of benzene rings is 1. The summed E-state index contributed by atoms with van der Waals surface area (Å²) in [6.45, 7) is 0.162. The lowest BCUT2D eigenvalue weighted by Gasteiger charge is -1.98. The molecule has 0 saturated heterocycles. The molecule has 108 valence electrons. The van der Waals surface area contributed by atoms with Crippen molar-refractivity contribution < 1.29 is 9.50 Å². The first-order chi connectivity index (χ1) is 10.3. The zero-order chi connectivity index (χ0) is 14.7. The van der Waals surface area contributed by atoms with Gasteiger partial charge in [0, 0.05) is 18.4 Å². The van der Waals surface area contributed by atoms with Crippen LogP contribution in [0, 0.1) is 5.82 Å². The fourth-order valence-corrected chi connectivity index (χ4v) is 2.71. The molecule has 0 aliphatic heterocycles. The quantitative estimate of drug-likeness (QED) is 0.786. The van der Waals surface area contributed by atoms with Crippen LogP contribution >= 0.6 is 11.3 Å². The van der Waals surface area contributed by atoms with E-state index in [-0.39, 0.29) is 12.4 Å². The number of nitrogens with zero attached hydrogens (tertiary/aromatic N) is 4. The molecule has 0 saturated carbocycles. The van der Waals surface area contributed by atoms with Gasteiger partial charge in [-0.15, -0.1) is 16.4 Å². The Bertz CT molecular complexity index is 723. The van der Waals surface area contributed by atoms with E-state index in [1.807, 2.05) is 5.38 Å². The van der Waals surface area contributed by atoms with Gasteiger partial charge in [0.2, 0.25) is 0 Å². The first kappa shape index (κ1) is 13.8. The minimum absolute atomic E-state index is 0.162. The Balaban J connectivity index is 1.81. The predicted molar refractivity (Wildman–Crippen MR) is 77.8 cm³/mol. The molecule has 0 spiro atoms. The third-order valence-electron chi connectivity index (χ3n) is 2.95. The van der Waals surface area contributed by atoms with Gasteiger partial charge in [0.25, 0.3) is 0 Å². The maximum Gasteiger partial charge on any atom is 0.132 e. The Kier molecular flexibility index (Phi) is 4.03. The second-order valence-electron chi connectivity index (χ2n) is 4.48. The number of rotatable bonds is 5. The maximum absolute atomic E-state index is 12.9. The summed E-state index contributed by atoms with van der Waals surface area (Å²) >= 11 is 1.54. The number of thiazole rings is 1. The minimum atomic E-state index is -0.285. The second-order valence-corrected chi connectivity index (χ2v) is 5.42. The van der Waals surface area contributed by atoms with Gasteiger partial charge in [-0.3, -0.25) is 0 Å². The van der Waals surface area contributed by atoms with Gasteiger partial charge in [-0.2, -0.15) is 0 Å². The van der Waals surface area contributed by atoms with E-state index in [2.05, 4.69) is 15.3 Å². The summed E-state index contributed by atoms with van der Waals surface area (Å²) in [6.07, 6.45) is 3.22. The molecule has 0 unspecified atom stereocenters. The Labute approximate surface area is 124 Å². The third kappa shape index (κ3) is 3.14. The van der Waals surface area contributed by atoms with Crippen molar-refractivity contribution in [3.05, 3.63) is 46.7 Å². The fourth-order valence-electron chi connectivity index (χ4n) is 1.87. The lowest BCUT2D eigenvalue weighted by Crippen LogP contribution is -1.94. The Hall–Kier alpha value is -2.12. The molecule has 0 fully saturated rings. The topological polar surface area (TPSA) is 63.8 Å². The molecule has 7 heteroatoms. The molecular formula is C14H13FN4OS. The van der Waals surface area contributed by atoms with E-state index in [0.717, 1.165) is 22.8 Å². The van der Waals surface area contributed by atoms with Crippen LogP contribution in [0.3, 0.4) is 0 Å². The van der Waals surface area contributed by atoms with E-state index in [1.165, 1.54) is 12.1 Å². The molecule has 1 N–H and O–H groups in total. The van der Waals surface area contributed by atoms with E-state index >= 15 is 0 Å². The largest absolute Gasteiger partial charge is 0.396 e. The fraction of sp³-hybridized carbons (Fsp3) is 0.214. The molecule has 0 atom stereocenters. The van der Waals surface area contributed by atoms with Crippen molar-refractivity contribution in [2.24, 2.45) is 0 Å². The molecule has 0 amide bonds. The summed E-state index contributed by atoms with van der Waals surface area (Å²) in [5, 5.41) is 19.8. The van der Waals surface area contributed by atoms with Gasteiger partial charge < -0.3 is 5.11 Å². The van der Waals surface area contributed by atoms with Gasteiger partial charge in [-0.1, -0.05) is 5.21 Å². The third-order valence-corrected chi connectivity index (χ3v) is 3.86. The van der Waals surface area contributed by atoms with Crippen LogP contribution in [0.2, 0.25) is 0 Å². The molecule has 2 heterocycles. The van der Waals surface area contributed by atoms with E-state index in [4.69, 9.17) is 5.11 Å². The van der Waals surface area contributed by atoms with Crippen molar-refractivity contribution in [2.45, 2.75) is 12.8 Å². The van der Waals surface area contributed by atoms with Crippen molar-refractivity contribution in [3.8, 4) is 17.1 Å². The normalized spacial score (nSPS) is 11.0. The molecule has 0 aliphatic rings. The summed E-state index contributed by atoms with van der Waals surface area (Å²) in [5.41, 5.74) is 2.18. The summed E-state index contributed by atoms with van der Waals surface area (Å²) in [5.74, 6) is -0.285. The monoisotopic (exact) mass is 304 g/mol. The van der Waals surface area contributed by atoms with Gasteiger partial charge in [0.1, 0.15) is 17.2 Å². The first-order valence-electron chi connectivity index (χ1n) is 6.50. The van der Waals surface area contributed by atoms with Crippen LogP contribution < -0.4 is 0 Å². The van der Waals surface area contributed by atoms with Gasteiger partial charge >= 0.3 is 0 Å². The average molecular weight is 304 g/mol. The smallest absolute Gasteiger partial charge is 0.132 e. The van der Waals surface area contributed by atoms with Crippen LogP contribution in [0.15, 0.2) is 35.8 Å². The average Bonchev–Trinajstić information content (AvgIpc) is 3.15. The molecule has 0 aliphatic carbocycles. The van der Waals surface area contributed by atoms with Crippen LogP contribution in [0.25, 0.3) is 17.1 Å². The molecule has 3 aromatic rings. The number of aliphatic hydroxyl groups excluding tert-OH is 1. The Morgan fingerprint density at radius 1 is 1.19 bits per heavy atom. The van der Waals surface area contributed by atoms with Crippen LogP contribution in [0.1, 0.15) is 11.4 Å². The van der Waals surface area contributed by atoms with Crippen LogP contribution in [0.5, 0.6) is 0 Å². The predicted octanol–water partition coefficient (Wildman–Crippen LogP) is 2.45. The lowest BCUT2D eigenvalue weighted by molar-refractivity contribution is 0.288. The van der Waals surface area contributed by atoms with E-state index < -0.39 is 0 Å². The SMILES string of the molecule is OCCCc1nc(-c2cn(-c3ccc(F)cc3)nn2)cs1. The molecule has 2 aromatic heterocycles. The zero-order valence-electron chi connectivity index (χ0n) is 11.1. The number of hydrogen-bond acceptors (Lipinski definition) is 5. The van der Waals surface area contributed by atoms with Crippen LogP contribution in [-0.2, 0) is 6.42 Å². The number of aliphatic hydroxyl groups is 1. The molecule has 0 bridgehead atoms. The van der Waals surface area contributed by atoms with E-state index in [0.29, 0.717) is 12.1 Å². The van der Waals surface area contributed by atoms with Gasteiger partial charge in [-0.05, 0) is 30.7 Å². The highest BCUT2D eigenvalue weighted by atomic mass is 32.1. The first-order valence-corrected chi connectivity index (χ1v) is 7.38. The number of aryl methyl sites for hydroxylation is 1. The van der Waals surface area contributed by atoms with Crippen molar-refractivity contribution >= 4 is 11.3 Å². The van der Waals surface area contributed by atoms with Gasteiger partial charge in [0.05, 0.1) is 16.9 Å². The molecule has 3 rings (SSSR count). The van der Waals surface area contributed by atoms with Crippen LogP contribution in [0.4, 0.5) is 4.39 Å². The number of hydrogen-bond donors (Lipinski definition) is 1. The number of halogens is 1. The van der Waals surface area contributed by atoms with Crippen molar-refractivity contribution in [1.29, 1.82) is 0 Å². The molecule has 21 heavy (non-hydrogen) atoms.